The summed E-state index contributed by atoms with van der Waals surface area (Å²) in [6, 6.07) is 0. The Labute approximate surface area is 128 Å². The molecule has 0 heterocycles. The molecule has 0 aromatic heterocycles. The Morgan fingerprint density at radius 2 is 0.600 bits per heavy atom. The van der Waals surface area contributed by atoms with E-state index in [9.17, 15) is 0 Å². The SMILES string of the molecule is C[CH2][Ge]([CH2]C)[CH2]C.C[CH2][Ge]([CH2]C)[CH2]C.[Hg]. The van der Waals surface area contributed by atoms with E-state index in [1.165, 1.54) is 31.5 Å². The molecule has 15 heavy (non-hydrogen) atoms. The largest absolute Gasteiger partial charge is 0 e. The van der Waals surface area contributed by atoms with Gasteiger partial charge in [-0.25, -0.2) is 0 Å². The van der Waals surface area contributed by atoms with Crippen molar-refractivity contribution in [1.82, 2.24) is 0 Å². The van der Waals surface area contributed by atoms with Gasteiger partial charge in [0.1, 0.15) is 0 Å². The molecule has 2 radical (unpaired) electrons. The molecule has 0 aliphatic rings. The quantitative estimate of drug-likeness (QED) is 0.429. The van der Waals surface area contributed by atoms with Gasteiger partial charge in [0.25, 0.3) is 0 Å². The smallest absolute Gasteiger partial charge is 0 e. The van der Waals surface area contributed by atoms with E-state index in [2.05, 4.69) is 41.5 Å². The summed E-state index contributed by atoms with van der Waals surface area (Å²) in [6.07, 6.45) is 0. The first-order valence-electron chi connectivity index (χ1n) is 6.36. The number of rotatable bonds is 6. The van der Waals surface area contributed by atoms with Gasteiger partial charge in [-0.15, -0.1) is 0 Å². The van der Waals surface area contributed by atoms with Crippen molar-refractivity contribution in [2.45, 2.75) is 73.1 Å². The third-order valence-corrected chi connectivity index (χ3v) is 15.6. The van der Waals surface area contributed by atoms with Crippen molar-refractivity contribution in [3.8, 4) is 0 Å². The van der Waals surface area contributed by atoms with Crippen molar-refractivity contribution in [2.24, 2.45) is 0 Å². The van der Waals surface area contributed by atoms with Gasteiger partial charge in [-0.3, -0.25) is 0 Å². The molecule has 0 atom stereocenters. The topological polar surface area (TPSA) is 0 Å². The summed E-state index contributed by atoms with van der Waals surface area (Å²) in [4.78, 5) is 0. The molecule has 0 spiro atoms. The Balaban J connectivity index is -0.000000180. The van der Waals surface area contributed by atoms with Crippen LogP contribution in [0.1, 0.15) is 41.5 Å². The predicted molar refractivity (Wildman–Crippen MR) is 74.4 cm³/mol. The monoisotopic (exact) mass is 524 g/mol. The van der Waals surface area contributed by atoms with Crippen LogP contribution in [0.25, 0.3) is 0 Å². The van der Waals surface area contributed by atoms with Gasteiger partial charge in [-0.1, -0.05) is 0 Å². The number of hydrogen-bond acceptors (Lipinski definition) is 0. The molecule has 0 amide bonds. The maximum absolute atomic E-state index is 2.34. The minimum absolute atomic E-state index is 0. The molecule has 0 saturated carbocycles. The molecule has 0 unspecified atom stereocenters. The summed E-state index contributed by atoms with van der Waals surface area (Å²) >= 11 is -0.806. The molecule has 88 valence electrons. The molecule has 0 saturated heterocycles. The normalized spacial score (nSPS) is 9.60. The van der Waals surface area contributed by atoms with Crippen LogP contribution in [0.5, 0.6) is 0 Å². The van der Waals surface area contributed by atoms with E-state index in [4.69, 9.17) is 0 Å². The Morgan fingerprint density at radius 3 is 0.600 bits per heavy atom. The maximum Gasteiger partial charge on any atom is 0 e. The maximum atomic E-state index is 2.34. The summed E-state index contributed by atoms with van der Waals surface area (Å²) in [6.45, 7) is 14.0. The Kier molecular flexibility index (Phi) is 27.2. The molecule has 0 N–H and O–H groups in total. The second-order valence-corrected chi connectivity index (χ2v) is 18.8. The van der Waals surface area contributed by atoms with Crippen molar-refractivity contribution in [2.75, 3.05) is 0 Å². The molecule has 3 heteroatoms. The fourth-order valence-electron chi connectivity index (χ4n) is 1.50. The summed E-state index contributed by atoms with van der Waals surface area (Å²) < 4.78 is 0. The van der Waals surface area contributed by atoms with Gasteiger partial charge in [-0.2, -0.15) is 0 Å². The van der Waals surface area contributed by atoms with E-state index in [0.29, 0.717) is 0 Å². The molecule has 0 aromatic carbocycles. The standard InChI is InChI=1S/2C6H15Ge.Hg/c2*1-4-7(5-2)6-3;/h2*4-6H2,1-3H3;. The van der Waals surface area contributed by atoms with Gasteiger partial charge in [0, 0.05) is 27.7 Å². The molecule has 0 rings (SSSR count). The van der Waals surface area contributed by atoms with Crippen LogP contribution in [-0.4, -0.2) is 28.7 Å². The molecule has 0 nitrogen and oxygen atoms in total. The molecule has 0 aliphatic heterocycles. The summed E-state index contributed by atoms with van der Waals surface area (Å²) in [5, 5.41) is 9.12. The zero-order valence-electron chi connectivity index (χ0n) is 11.9. The van der Waals surface area contributed by atoms with E-state index in [1.54, 1.807) is 0 Å². The van der Waals surface area contributed by atoms with Crippen molar-refractivity contribution < 1.29 is 27.7 Å². The third kappa shape index (κ3) is 16.0. The zero-order valence-corrected chi connectivity index (χ0v) is 21.6. The predicted octanol–water partition coefficient (Wildman–Crippen LogP) is 5.08. The summed E-state index contributed by atoms with van der Waals surface area (Å²) in [5.74, 6) is 0. The van der Waals surface area contributed by atoms with E-state index < -0.39 is 28.7 Å². The van der Waals surface area contributed by atoms with Crippen LogP contribution in [0.15, 0.2) is 0 Å². The van der Waals surface area contributed by atoms with E-state index in [1.807, 2.05) is 0 Å². The van der Waals surface area contributed by atoms with E-state index in [0.717, 1.165) is 0 Å². The summed E-state index contributed by atoms with van der Waals surface area (Å²) in [5.41, 5.74) is 0. The fraction of sp³-hybridized carbons (Fsp3) is 1.00. The fourth-order valence-corrected chi connectivity index (χ4v) is 7.79. The zero-order chi connectivity index (χ0) is 11.4. The van der Waals surface area contributed by atoms with Gasteiger partial charge in [0.2, 0.25) is 0 Å². The van der Waals surface area contributed by atoms with Crippen LogP contribution in [0.3, 0.4) is 0 Å². The Hall–Kier alpha value is 2.02. The molecule has 0 aromatic rings. The van der Waals surface area contributed by atoms with Crippen LogP contribution in [0.2, 0.25) is 31.5 Å². The first kappa shape index (κ1) is 22.2. The average molecular weight is 520 g/mol. The number of hydrogen-bond donors (Lipinski definition) is 0. The summed E-state index contributed by atoms with van der Waals surface area (Å²) in [7, 11) is 0. The molecular formula is C12H30Ge2Hg. The Morgan fingerprint density at radius 1 is 0.467 bits per heavy atom. The van der Waals surface area contributed by atoms with E-state index in [-0.39, 0.29) is 27.7 Å². The van der Waals surface area contributed by atoms with Crippen LogP contribution < -0.4 is 0 Å². The minimum atomic E-state index is -0.403. The van der Waals surface area contributed by atoms with Gasteiger partial charge in [-0.05, 0) is 0 Å². The molecular weight excluding hydrogens is 490 g/mol. The van der Waals surface area contributed by atoms with Crippen molar-refractivity contribution in [3.63, 3.8) is 0 Å². The first-order chi connectivity index (χ1) is 6.69. The van der Waals surface area contributed by atoms with Gasteiger partial charge in [0.15, 0.2) is 0 Å². The molecule has 0 fully saturated rings. The Bertz CT molecular complexity index is 68.6. The van der Waals surface area contributed by atoms with Crippen LogP contribution in [-0.2, 0) is 27.7 Å². The molecule has 0 aliphatic carbocycles. The average Bonchev–Trinajstić information content (AvgIpc) is 2.24. The van der Waals surface area contributed by atoms with Crippen molar-refractivity contribution in [3.05, 3.63) is 0 Å². The molecule has 0 bridgehead atoms. The third-order valence-electron chi connectivity index (χ3n) is 3.00. The van der Waals surface area contributed by atoms with Crippen LogP contribution in [0.4, 0.5) is 0 Å². The van der Waals surface area contributed by atoms with Crippen LogP contribution >= 0.6 is 0 Å². The minimum Gasteiger partial charge on any atom is 0 e. The van der Waals surface area contributed by atoms with Crippen molar-refractivity contribution in [1.29, 1.82) is 0 Å². The first-order valence-corrected chi connectivity index (χ1v) is 15.3. The van der Waals surface area contributed by atoms with Crippen LogP contribution in [0, 0.1) is 0 Å². The van der Waals surface area contributed by atoms with Gasteiger partial charge < -0.3 is 0 Å². The van der Waals surface area contributed by atoms with Gasteiger partial charge in [0.05, 0.1) is 0 Å². The van der Waals surface area contributed by atoms with E-state index >= 15 is 0 Å². The second kappa shape index (κ2) is 18.4. The van der Waals surface area contributed by atoms with Gasteiger partial charge >= 0.3 is 102 Å². The van der Waals surface area contributed by atoms with Crippen molar-refractivity contribution >= 4 is 28.7 Å². The second-order valence-electron chi connectivity index (χ2n) is 3.62.